The van der Waals surface area contributed by atoms with Crippen LogP contribution >= 0.6 is 0 Å². The summed E-state index contributed by atoms with van der Waals surface area (Å²) in [7, 11) is -3.27. The highest BCUT2D eigenvalue weighted by molar-refractivity contribution is 7.91. The number of hydrogen-bond donors (Lipinski definition) is 2. The summed E-state index contributed by atoms with van der Waals surface area (Å²) in [6.45, 7) is 7.94. The third kappa shape index (κ3) is 6.17. The number of anilines is 2. The molecule has 0 saturated carbocycles. The van der Waals surface area contributed by atoms with Crippen LogP contribution in [0.3, 0.4) is 0 Å². The molecule has 2 amide bonds. The second-order valence-corrected chi connectivity index (χ2v) is 10.9. The van der Waals surface area contributed by atoms with E-state index in [0.717, 1.165) is 22.3 Å². The van der Waals surface area contributed by atoms with Crippen molar-refractivity contribution in [3.8, 4) is 0 Å². The highest BCUT2D eigenvalue weighted by Crippen LogP contribution is 2.31. The van der Waals surface area contributed by atoms with Gasteiger partial charge in [0.2, 0.25) is 11.8 Å². The molecule has 166 valence electrons. The van der Waals surface area contributed by atoms with Gasteiger partial charge in [-0.15, -0.1) is 0 Å². The lowest BCUT2D eigenvalue weighted by atomic mass is 9.89. The highest BCUT2D eigenvalue weighted by Gasteiger charge is 2.39. The molecule has 2 N–H and O–H groups in total. The molecule has 0 aliphatic carbocycles. The summed E-state index contributed by atoms with van der Waals surface area (Å²) in [5.74, 6) is -1.33. The Balaban J connectivity index is 1.63. The number of sulfone groups is 1. The zero-order chi connectivity index (χ0) is 22.8. The number of carbonyl (C=O) groups is 2. The van der Waals surface area contributed by atoms with Gasteiger partial charge >= 0.3 is 0 Å². The van der Waals surface area contributed by atoms with E-state index in [2.05, 4.69) is 10.6 Å². The minimum absolute atomic E-state index is 0.0606. The number of aryl methyl sites for hydroxylation is 4. The van der Waals surface area contributed by atoms with E-state index < -0.39 is 9.84 Å². The summed E-state index contributed by atoms with van der Waals surface area (Å²) in [6.07, 6.45) is 0.154. The van der Waals surface area contributed by atoms with Crippen LogP contribution in [0.1, 0.15) is 35.1 Å². The molecule has 1 heterocycles. The number of hydrogen-bond acceptors (Lipinski definition) is 4. The van der Waals surface area contributed by atoms with Gasteiger partial charge < -0.3 is 10.6 Å². The van der Waals surface area contributed by atoms with Gasteiger partial charge in [0.05, 0.1) is 11.5 Å². The first-order valence-electron chi connectivity index (χ1n) is 10.5. The van der Waals surface area contributed by atoms with Crippen LogP contribution in [0.5, 0.6) is 0 Å². The molecule has 6 nitrogen and oxygen atoms in total. The largest absolute Gasteiger partial charge is 0.326 e. The molecule has 0 radical (unpaired) electrons. The molecule has 0 spiro atoms. The van der Waals surface area contributed by atoms with Gasteiger partial charge in [-0.05, 0) is 86.1 Å². The molecule has 1 aliphatic rings. The Bertz CT molecular complexity index is 1030. The minimum Gasteiger partial charge on any atom is -0.326 e. The van der Waals surface area contributed by atoms with Gasteiger partial charge in [0, 0.05) is 24.2 Å². The van der Waals surface area contributed by atoms with Crippen LogP contribution in [0, 0.1) is 39.5 Å². The molecule has 2 atom stereocenters. The lowest BCUT2D eigenvalue weighted by Crippen LogP contribution is -2.25. The first-order valence-corrected chi connectivity index (χ1v) is 12.3. The molecule has 1 saturated heterocycles. The van der Waals surface area contributed by atoms with Gasteiger partial charge in [0.1, 0.15) is 0 Å². The average molecular weight is 443 g/mol. The van der Waals surface area contributed by atoms with Crippen molar-refractivity contribution >= 4 is 33.0 Å². The molecule has 1 aliphatic heterocycles. The van der Waals surface area contributed by atoms with Crippen molar-refractivity contribution in [1.82, 2.24) is 0 Å². The lowest BCUT2D eigenvalue weighted by Gasteiger charge is -2.18. The fraction of sp³-hybridized carbons (Fsp3) is 0.417. The molecule has 0 bridgehead atoms. The third-order valence-electron chi connectivity index (χ3n) is 6.08. The maximum absolute atomic E-state index is 12.6. The maximum Gasteiger partial charge on any atom is 0.224 e. The predicted octanol–water partition coefficient (Wildman–Crippen LogP) is 3.94. The van der Waals surface area contributed by atoms with E-state index >= 15 is 0 Å². The number of amides is 2. The summed E-state index contributed by atoms with van der Waals surface area (Å²) in [5.41, 5.74) is 5.80. The van der Waals surface area contributed by atoms with Crippen molar-refractivity contribution in [1.29, 1.82) is 0 Å². The van der Waals surface area contributed by atoms with E-state index in [0.29, 0.717) is 11.4 Å². The molecular formula is C24H30N2O4S. The van der Waals surface area contributed by atoms with Crippen molar-refractivity contribution in [3.63, 3.8) is 0 Å². The van der Waals surface area contributed by atoms with Gasteiger partial charge in [-0.25, -0.2) is 8.42 Å². The summed E-state index contributed by atoms with van der Waals surface area (Å²) < 4.78 is 24.5. The monoisotopic (exact) mass is 442 g/mol. The second-order valence-electron chi connectivity index (χ2n) is 8.70. The van der Waals surface area contributed by atoms with Crippen molar-refractivity contribution in [2.24, 2.45) is 11.8 Å². The Hall–Kier alpha value is -2.67. The Morgan fingerprint density at radius 2 is 1.13 bits per heavy atom. The number of nitrogens with one attached hydrogen (secondary N) is 2. The Labute approximate surface area is 184 Å². The van der Waals surface area contributed by atoms with Gasteiger partial charge in [0.15, 0.2) is 9.84 Å². The van der Waals surface area contributed by atoms with Gasteiger partial charge in [0.25, 0.3) is 0 Å². The topological polar surface area (TPSA) is 92.3 Å². The van der Waals surface area contributed by atoms with E-state index in [9.17, 15) is 18.0 Å². The Morgan fingerprint density at radius 1 is 0.742 bits per heavy atom. The first-order chi connectivity index (χ1) is 14.5. The third-order valence-corrected chi connectivity index (χ3v) is 7.95. The quantitative estimate of drug-likeness (QED) is 0.709. The molecule has 1 fully saturated rings. The normalized spacial score (nSPS) is 19.7. The minimum atomic E-state index is -3.27. The van der Waals surface area contributed by atoms with Crippen molar-refractivity contribution in [2.45, 2.75) is 40.5 Å². The molecule has 0 aromatic heterocycles. The molecule has 3 rings (SSSR count). The maximum atomic E-state index is 12.6. The van der Waals surface area contributed by atoms with E-state index in [4.69, 9.17) is 0 Å². The molecule has 2 aromatic carbocycles. The zero-order valence-electron chi connectivity index (χ0n) is 18.5. The number of rotatable bonds is 6. The Morgan fingerprint density at radius 3 is 1.48 bits per heavy atom. The summed E-state index contributed by atoms with van der Waals surface area (Å²) in [5, 5.41) is 5.71. The van der Waals surface area contributed by atoms with Crippen LogP contribution in [-0.4, -0.2) is 31.7 Å². The number of carbonyl (C=O) groups excluding carboxylic acids is 2. The summed E-state index contributed by atoms with van der Waals surface area (Å²) >= 11 is 0. The van der Waals surface area contributed by atoms with Crippen LogP contribution in [-0.2, 0) is 19.4 Å². The number of benzene rings is 2. The van der Waals surface area contributed by atoms with Crippen molar-refractivity contribution in [2.75, 3.05) is 22.1 Å². The SMILES string of the molecule is Cc1ccc(NC(=O)C[C@@H]2CS(=O)(=O)C[C@@H]2CC(=O)Nc2ccc(C)c(C)c2)cc1C. The Kier molecular flexibility index (Phi) is 6.84. The van der Waals surface area contributed by atoms with Crippen LogP contribution in [0.4, 0.5) is 11.4 Å². The predicted molar refractivity (Wildman–Crippen MR) is 124 cm³/mol. The van der Waals surface area contributed by atoms with E-state index in [1.54, 1.807) is 0 Å². The van der Waals surface area contributed by atoms with Gasteiger partial charge in [-0.2, -0.15) is 0 Å². The fourth-order valence-corrected chi connectivity index (χ4v) is 6.20. The summed E-state index contributed by atoms with van der Waals surface area (Å²) in [6, 6.07) is 11.3. The highest BCUT2D eigenvalue weighted by atomic mass is 32.2. The molecular weight excluding hydrogens is 412 g/mol. The van der Waals surface area contributed by atoms with E-state index in [1.807, 2.05) is 64.1 Å². The fourth-order valence-electron chi connectivity index (χ4n) is 3.98. The van der Waals surface area contributed by atoms with Gasteiger partial charge in [-0.1, -0.05) is 12.1 Å². The smallest absolute Gasteiger partial charge is 0.224 e. The standard InChI is InChI=1S/C24H30N2O4S/c1-15-5-7-21(9-17(15)3)25-23(27)11-19-13-31(29,30)14-20(19)12-24(28)26-22-8-6-16(2)18(4)10-22/h5-10,19-20H,11-14H2,1-4H3,(H,25,27)(H,26,28)/t19-,20+. The van der Waals surface area contributed by atoms with Crippen molar-refractivity contribution < 1.29 is 18.0 Å². The zero-order valence-corrected chi connectivity index (χ0v) is 19.3. The van der Waals surface area contributed by atoms with E-state index in [-0.39, 0.29) is 48.0 Å². The second kappa shape index (κ2) is 9.22. The molecule has 2 aromatic rings. The van der Waals surface area contributed by atoms with Crippen LogP contribution < -0.4 is 10.6 Å². The van der Waals surface area contributed by atoms with Crippen LogP contribution in [0.15, 0.2) is 36.4 Å². The van der Waals surface area contributed by atoms with Crippen LogP contribution in [0.25, 0.3) is 0 Å². The first kappa shape index (κ1) is 23.0. The molecule has 7 heteroatoms. The van der Waals surface area contributed by atoms with Gasteiger partial charge in [-0.3, -0.25) is 9.59 Å². The average Bonchev–Trinajstić information content (AvgIpc) is 2.94. The summed E-state index contributed by atoms with van der Waals surface area (Å²) in [4.78, 5) is 25.1. The van der Waals surface area contributed by atoms with Crippen LogP contribution in [0.2, 0.25) is 0 Å². The van der Waals surface area contributed by atoms with Crippen molar-refractivity contribution in [3.05, 3.63) is 58.7 Å². The molecule has 31 heavy (non-hydrogen) atoms. The lowest BCUT2D eigenvalue weighted by molar-refractivity contribution is -0.119. The van der Waals surface area contributed by atoms with E-state index in [1.165, 1.54) is 0 Å². The molecule has 0 unspecified atom stereocenters.